The van der Waals surface area contributed by atoms with Gasteiger partial charge in [0.2, 0.25) is 0 Å². The van der Waals surface area contributed by atoms with Gasteiger partial charge in [0.25, 0.3) is 0 Å². The summed E-state index contributed by atoms with van der Waals surface area (Å²) in [7, 11) is 1.69. The molecule has 4 nitrogen and oxygen atoms in total. The highest BCUT2D eigenvalue weighted by Crippen LogP contribution is 2.32. The van der Waals surface area contributed by atoms with E-state index in [1.54, 1.807) is 7.11 Å². The van der Waals surface area contributed by atoms with E-state index in [-0.39, 0.29) is 6.04 Å². The molecule has 1 aromatic rings. The number of benzene rings is 1. The lowest BCUT2D eigenvalue weighted by Gasteiger charge is -2.36. The third kappa shape index (κ3) is 2.99. The number of nitriles is 1. The largest absolute Gasteiger partial charge is 0.495 e. The van der Waals surface area contributed by atoms with Gasteiger partial charge in [-0.25, -0.2) is 0 Å². The monoisotopic (exact) mass is 259 g/mol. The lowest BCUT2D eigenvalue weighted by atomic mass is 10.1. The van der Waals surface area contributed by atoms with Gasteiger partial charge in [0, 0.05) is 12.6 Å². The molecule has 1 aliphatic rings. The van der Waals surface area contributed by atoms with Crippen LogP contribution in [0.3, 0.4) is 0 Å². The molecule has 0 radical (unpaired) electrons. The molecular weight excluding hydrogens is 238 g/mol. The van der Waals surface area contributed by atoms with Gasteiger partial charge in [0.05, 0.1) is 31.3 Å². The van der Waals surface area contributed by atoms with Crippen LogP contribution >= 0.6 is 0 Å². The van der Waals surface area contributed by atoms with Crippen LogP contribution in [-0.2, 0) is 0 Å². The summed E-state index contributed by atoms with van der Waals surface area (Å²) >= 11 is 0. The highest BCUT2D eigenvalue weighted by atomic mass is 16.5. The fraction of sp³-hybridized carbons (Fsp3) is 0.533. The van der Waals surface area contributed by atoms with Crippen molar-refractivity contribution < 1.29 is 4.74 Å². The van der Waals surface area contributed by atoms with E-state index in [2.05, 4.69) is 29.3 Å². The van der Waals surface area contributed by atoms with Crippen LogP contribution in [0.2, 0.25) is 0 Å². The smallest absolute Gasteiger partial charge is 0.142 e. The molecule has 102 valence electrons. The Hall–Kier alpha value is -1.73. The van der Waals surface area contributed by atoms with Gasteiger partial charge in [0.15, 0.2) is 0 Å². The lowest BCUT2D eigenvalue weighted by Crippen LogP contribution is -2.43. The lowest BCUT2D eigenvalue weighted by molar-refractivity contribution is 0.410. The predicted molar refractivity (Wildman–Crippen MR) is 76.4 cm³/mol. The van der Waals surface area contributed by atoms with Crippen molar-refractivity contribution in [1.29, 1.82) is 5.26 Å². The van der Waals surface area contributed by atoms with Crippen LogP contribution in [0.5, 0.6) is 5.75 Å². The normalized spacial score (nSPS) is 23.5. The summed E-state index contributed by atoms with van der Waals surface area (Å²) in [5.74, 6) is 0.874. The van der Waals surface area contributed by atoms with Crippen molar-refractivity contribution in [1.82, 2.24) is 5.32 Å². The molecule has 0 aromatic heterocycles. The second-order valence-electron chi connectivity index (χ2n) is 4.94. The van der Waals surface area contributed by atoms with Crippen molar-refractivity contribution in [3.05, 3.63) is 24.3 Å². The molecule has 1 heterocycles. The van der Waals surface area contributed by atoms with Gasteiger partial charge in [-0.15, -0.1) is 0 Å². The number of anilines is 1. The first-order valence-corrected chi connectivity index (χ1v) is 6.77. The number of rotatable bonds is 3. The standard InChI is InChI=1S/C15H21N3O/c1-12-8-10-17-11-13(7-9-16)18(12)14-5-3-4-6-15(14)19-2/h3-6,12-13,17H,7-8,10-11H2,1-2H3. The van der Waals surface area contributed by atoms with E-state index in [9.17, 15) is 0 Å². The van der Waals surface area contributed by atoms with Crippen LogP contribution in [0.4, 0.5) is 5.69 Å². The van der Waals surface area contributed by atoms with Crippen LogP contribution in [0.25, 0.3) is 0 Å². The van der Waals surface area contributed by atoms with Crippen LogP contribution in [0.1, 0.15) is 19.8 Å². The molecule has 1 aliphatic heterocycles. The minimum Gasteiger partial charge on any atom is -0.495 e. The number of nitrogens with one attached hydrogen (secondary N) is 1. The third-order valence-corrected chi connectivity index (χ3v) is 3.68. The third-order valence-electron chi connectivity index (χ3n) is 3.68. The Morgan fingerprint density at radius 1 is 1.47 bits per heavy atom. The molecular formula is C15H21N3O. The molecule has 2 atom stereocenters. The maximum absolute atomic E-state index is 9.05. The zero-order chi connectivity index (χ0) is 13.7. The fourth-order valence-corrected chi connectivity index (χ4v) is 2.73. The topological polar surface area (TPSA) is 48.3 Å². The molecule has 1 aromatic carbocycles. The van der Waals surface area contributed by atoms with Crippen molar-refractivity contribution >= 4 is 5.69 Å². The summed E-state index contributed by atoms with van der Waals surface area (Å²) in [6.07, 6.45) is 1.59. The van der Waals surface area contributed by atoms with Gasteiger partial charge in [-0.1, -0.05) is 12.1 Å². The van der Waals surface area contributed by atoms with Crippen LogP contribution in [-0.4, -0.2) is 32.3 Å². The maximum atomic E-state index is 9.05. The van der Waals surface area contributed by atoms with Crippen LogP contribution in [0.15, 0.2) is 24.3 Å². The summed E-state index contributed by atoms with van der Waals surface area (Å²) in [5, 5.41) is 12.5. The van der Waals surface area contributed by atoms with Crippen molar-refractivity contribution in [3.63, 3.8) is 0 Å². The summed E-state index contributed by atoms with van der Waals surface area (Å²) in [6.45, 7) is 4.05. The summed E-state index contributed by atoms with van der Waals surface area (Å²) in [6, 6.07) is 10.9. The van der Waals surface area contributed by atoms with Crippen molar-refractivity contribution in [2.45, 2.75) is 31.8 Å². The zero-order valence-electron chi connectivity index (χ0n) is 11.6. The Labute approximate surface area is 115 Å². The molecule has 1 N–H and O–H groups in total. The molecule has 2 unspecified atom stereocenters. The zero-order valence-corrected chi connectivity index (χ0v) is 11.6. The van der Waals surface area contributed by atoms with Crippen LogP contribution < -0.4 is 15.0 Å². The number of methoxy groups -OCH3 is 1. The van der Waals surface area contributed by atoms with Gasteiger partial charge in [-0.05, 0) is 32.0 Å². The van der Waals surface area contributed by atoms with Crippen LogP contribution in [0, 0.1) is 11.3 Å². The van der Waals surface area contributed by atoms with E-state index >= 15 is 0 Å². The van der Waals surface area contributed by atoms with E-state index in [1.165, 1.54) is 0 Å². The van der Waals surface area contributed by atoms with Gasteiger partial charge in [-0.3, -0.25) is 0 Å². The molecule has 2 rings (SSSR count). The average Bonchev–Trinajstić information content (AvgIpc) is 2.61. The van der Waals surface area contributed by atoms with Crippen molar-refractivity contribution in [2.75, 3.05) is 25.1 Å². The molecule has 0 saturated carbocycles. The van der Waals surface area contributed by atoms with Gasteiger partial charge < -0.3 is 15.0 Å². The average molecular weight is 259 g/mol. The molecule has 1 fully saturated rings. The van der Waals surface area contributed by atoms with E-state index in [4.69, 9.17) is 10.00 Å². The number of hydrogen-bond donors (Lipinski definition) is 1. The van der Waals surface area contributed by atoms with Gasteiger partial charge in [0.1, 0.15) is 5.75 Å². The summed E-state index contributed by atoms with van der Waals surface area (Å²) in [5.41, 5.74) is 1.08. The van der Waals surface area contributed by atoms with Gasteiger partial charge >= 0.3 is 0 Å². The molecule has 1 saturated heterocycles. The first kappa shape index (κ1) is 13.7. The van der Waals surface area contributed by atoms with E-state index < -0.39 is 0 Å². The molecule has 0 aliphatic carbocycles. The Balaban J connectivity index is 2.37. The minimum absolute atomic E-state index is 0.193. The number of ether oxygens (including phenoxy) is 1. The van der Waals surface area contributed by atoms with Gasteiger partial charge in [-0.2, -0.15) is 5.26 Å². The Bertz CT molecular complexity index is 455. The Kier molecular flexibility index (Phi) is 4.64. The Morgan fingerprint density at radius 3 is 3.00 bits per heavy atom. The maximum Gasteiger partial charge on any atom is 0.142 e. The molecule has 0 amide bonds. The Morgan fingerprint density at radius 2 is 2.26 bits per heavy atom. The summed E-state index contributed by atoms with van der Waals surface area (Å²) in [4.78, 5) is 2.34. The van der Waals surface area contributed by atoms with E-state index in [0.29, 0.717) is 12.5 Å². The SMILES string of the molecule is COc1ccccc1N1C(C)CCNCC1CC#N. The number of para-hydroxylation sites is 2. The predicted octanol–water partition coefficient (Wildman–Crippen LogP) is 2.17. The van der Waals surface area contributed by atoms with Crippen molar-refractivity contribution in [2.24, 2.45) is 0 Å². The number of nitrogens with zero attached hydrogens (tertiary/aromatic N) is 2. The first-order valence-electron chi connectivity index (χ1n) is 6.77. The molecule has 0 spiro atoms. The second-order valence-corrected chi connectivity index (χ2v) is 4.94. The molecule has 0 bridgehead atoms. The first-order chi connectivity index (χ1) is 9.27. The highest BCUT2D eigenvalue weighted by Gasteiger charge is 2.27. The quantitative estimate of drug-likeness (QED) is 0.903. The molecule has 19 heavy (non-hydrogen) atoms. The number of hydrogen-bond acceptors (Lipinski definition) is 4. The highest BCUT2D eigenvalue weighted by molar-refractivity contribution is 5.60. The molecule has 4 heteroatoms. The van der Waals surface area contributed by atoms with E-state index in [1.807, 2.05) is 18.2 Å². The summed E-state index contributed by atoms with van der Waals surface area (Å²) < 4.78 is 5.47. The second kappa shape index (κ2) is 6.44. The minimum atomic E-state index is 0.193. The van der Waals surface area contributed by atoms with E-state index in [0.717, 1.165) is 30.9 Å². The fourth-order valence-electron chi connectivity index (χ4n) is 2.73. The van der Waals surface area contributed by atoms with Crippen molar-refractivity contribution in [3.8, 4) is 11.8 Å².